The van der Waals surface area contributed by atoms with Crippen LogP contribution in [0.5, 0.6) is 0 Å². The van der Waals surface area contributed by atoms with E-state index in [1.807, 2.05) is 13.8 Å². The lowest BCUT2D eigenvalue weighted by molar-refractivity contribution is -0.139. The van der Waals surface area contributed by atoms with Gasteiger partial charge in [-0.05, 0) is 66.9 Å². The fourth-order valence-electron chi connectivity index (χ4n) is 3.73. The number of benzene rings is 3. The highest BCUT2D eigenvalue weighted by molar-refractivity contribution is 7.92. The van der Waals surface area contributed by atoms with Crippen LogP contribution in [0.1, 0.15) is 26.3 Å². The number of rotatable bonds is 11. The molecule has 11 heteroatoms. The second-order valence-electron chi connectivity index (χ2n) is 9.39. The van der Waals surface area contributed by atoms with Crippen molar-refractivity contribution in [3.63, 3.8) is 0 Å². The summed E-state index contributed by atoms with van der Waals surface area (Å²) < 4.78 is 28.5. The smallest absolute Gasteiger partial charge is 0.264 e. The van der Waals surface area contributed by atoms with E-state index in [2.05, 4.69) is 5.32 Å². The van der Waals surface area contributed by atoms with Gasteiger partial charge in [0, 0.05) is 18.1 Å². The fourth-order valence-corrected chi connectivity index (χ4v) is 5.59. The molecule has 0 fully saturated rings. The van der Waals surface area contributed by atoms with E-state index in [0.29, 0.717) is 32.9 Å². The molecule has 0 aliphatic rings. The molecule has 1 unspecified atom stereocenters. The number of halogens is 3. The number of carbonyl (C=O) groups excluding carboxylic acids is 2. The summed E-state index contributed by atoms with van der Waals surface area (Å²) in [5.74, 6) is -0.725. The van der Waals surface area contributed by atoms with Crippen LogP contribution in [-0.2, 0) is 26.2 Å². The summed E-state index contributed by atoms with van der Waals surface area (Å²) in [5.41, 5.74) is 0.931. The molecule has 1 atom stereocenters. The summed E-state index contributed by atoms with van der Waals surface area (Å²) in [7, 11) is -4.16. The van der Waals surface area contributed by atoms with Crippen molar-refractivity contribution in [3.8, 4) is 0 Å². The van der Waals surface area contributed by atoms with E-state index in [-0.39, 0.29) is 23.3 Å². The van der Waals surface area contributed by atoms with E-state index in [0.717, 1.165) is 4.31 Å². The summed E-state index contributed by atoms with van der Waals surface area (Å²) in [4.78, 5) is 28.2. The zero-order valence-electron chi connectivity index (χ0n) is 21.8. The molecule has 208 valence electrons. The quantitative estimate of drug-likeness (QED) is 0.287. The van der Waals surface area contributed by atoms with E-state index >= 15 is 0 Å². The van der Waals surface area contributed by atoms with Gasteiger partial charge in [-0.2, -0.15) is 0 Å². The number of anilines is 1. The molecular weight excluding hydrogens is 581 g/mol. The molecule has 0 heterocycles. The van der Waals surface area contributed by atoms with Gasteiger partial charge in [0.25, 0.3) is 10.0 Å². The van der Waals surface area contributed by atoms with Crippen molar-refractivity contribution in [2.24, 2.45) is 5.92 Å². The minimum absolute atomic E-state index is 0.00953. The van der Waals surface area contributed by atoms with Gasteiger partial charge in [0.2, 0.25) is 11.8 Å². The first-order valence-corrected chi connectivity index (χ1v) is 14.8. The number of para-hydroxylation sites is 1. The summed E-state index contributed by atoms with van der Waals surface area (Å²) in [6.45, 7) is 5.42. The van der Waals surface area contributed by atoms with Gasteiger partial charge in [0.1, 0.15) is 12.6 Å². The van der Waals surface area contributed by atoms with Crippen LogP contribution in [0.25, 0.3) is 0 Å². The van der Waals surface area contributed by atoms with Crippen molar-refractivity contribution >= 4 is 62.3 Å². The topological polar surface area (TPSA) is 86.8 Å². The molecule has 1 N–H and O–H groups in total. The van der Waals surface area contributed by atoms with E-state index < -0.39 is 28.5 Å². The van der Waals surface area contributed by atoms with Gasteiger partial charge in [0.05, 0.1) is 20.6 Å². The first-order valence-electron chi connectivity index (χ1n) is 12.2. The highest BCUT2D eigenvalue weighted by atomic mass is 35.5. The van der Waals surface area contributed by atoms with Gasteiger partial charge in [0.15, 0.2) is 0 Å². The molecular formula is C28H30Cl3N3O4S. The van der Waals surface area contributed by atoms with Crippen molar-refractivity contribution < 1.29 is 18.0 Å². The van der Waals surface area contributed by atoms with Gasteiger partial charge < -0.3 is 10.2 Å². The third-order valence-electron chi connectivity index (χ3n) is 5.91. The van der Waals surface area contributed by atoms with E-state index in [4.69, 9.17) is 34.8 Å². The highest BCUT2D eigenvalue weighted by Gasteiger charge is 2.32. The van der Waals surface area contributed by atoms with E-state index in [1.165, 1.54) is 29.2 Å². The van der Waals surface area contributed by atoms with Crippen molar-refractivity contribution in [1.29, 1.82) is 0 Å². The van der Waals surface area contributed by atoms with Crippen molar-refractivity contribution in [1.82, 2.24) is 10.2 Å². The summed E-state index contributed by atoms with van der Waals surface area (Å²) in [6.07, 6.45) is 0. The van der Waals surface area contributed by atoms with Crippen LogP contribution in [0.3, 0.4) is 0 Å². The Morgan fingerprint density at radius 2 is 1.51 bits per heavy atom. The summed E-state index contributed by atoms with van der Waals surface area (Å²) in [5, 5.41) is 3.88. The first-order chi connectivity index (χ1) is 18.4. The standard InChI is InChI=1S/C28H30Cl3N3O4S/c1-19(2)16-32-28(36)20(3)33(17-21-9-14-25(30)26(31)15-21)27(35)18-34(23-7-5-4-6-8-23)39(37,38)24-12-10-22(29)11-13-24/h4-15,19-20H,16-18H2,1-3H3,(H,32,36). The van der Waals surface area contributed by atoms with Crippen LogP contribution in [0.15, 0.2) is 77.7 Å². The number of hydrogen-bond acceptors (Lipinski definition) is 4. The summed E-state index contributed by atoms with van der Waals surface area (Å²) >= 11 is 18.2. The second kappa shape index (κ2) is 13.5. The largest absolute Gasteiger partial charge is 0.354 e. The molecule has 0 aliphatic carbocycles. The maximum absolute atomic E-state index is 13.9. The molecule has 0 bridgehead atoms. The van der Waals surface area contributed by atoms with Gasteiger partial charge in [-0.25, -0.2) is 8.42 Å². The predicted octanol–water partition coefficient (Wildman–Crippen LogP) is 6.03. The van der Waals surface area contributed by atoms with Crippen molar-refractivity contribution in [2.45, 2.75) is 38.3 Å². The Hall–Kier alpha value is -2.78. The number of amides is 2. The predicted molar refractivity (Wildman–Crippen MR) is 157 cm³/mol. The molecule has 0 radical (unpaired) electrons. The van der Waals surface area contributed by atoms with Crippen LogP contribution < -0.4 is 9.62 Å². The Balaban J connectivity index is 2.00. The van der Waals surface area contributed by atoms with Crippen LogP contribution in [0.2, 0.25) is 15.1 Å². The summed E-state index contributed by atoms with van der Waals surface area (Å²) in [6, 6.07) is 18.0. The third-order valence-corrected chi connectivity index (χ3v) is 8.69. The Morgan fingerprint density at radius 1 is 0.872 bits per heavy atom. The normalized spacial score (nSPS) is 12.2. The fraction of sp³-hybridized carbons (Fsp3) is 0.286. The molecule has 0 aromatic heterocycles. The third kappa shape index (κ3) is 8.11. The Labute approximate surface area is 244 Å². The average molecular weight is 611 g/mol. The SMILES string of the molecule is CC(C)CNC(=O)C(C)N(Cc1ccc(Cl)c(Cl)c1)C(=O)CN(c1ccccc1)S(=O)(=O)c1ccc(Cl)cc1. The lowest BCUT2D eigenvalue weighted by Gasteiger charge is -2.32. The second-order valence-corrected chi connectivity index (χ2v) is 12.5. The Bertz CT molecular complexity index is 1400. The zero-order chi connectivity index (χ0) is 28.7. The molecule has 3 aromatic rings. The molecule has 3 aromatic carbocycles. The molecule has 0 aliphatic heterocycles. The molecule has 0 saturated carbocycles. The molecule has 3 rings (SSSR count). The lowest BCUT2D eigenvalue weighted by Crippen LogP contribution is -2.51. The molecule has 0 spiro atoms. The number of nitrogens with one attached hydrogen (secondary N) is 1. The average Bonchev–Trinajstić information content (AvgIpc) is 2.91. The lowest BCUT2D eigenvalue weighted by atomic mass is 10.1. The molecule has 0 saturated heterocycles. The minimum atomic E-state index is -4.16. The van der Waals surface area contributed by atoms with Crippen LogP contribution >= 0.6 is 34.8 Å². The van der Waals surface area contributed by atoms with Gasteiger partial charge in [-0.1, -0.05) is 72.9 Å². The Kier molecular flexibility index (Phi) is 10.7. The Morgan fingerprint density at radius 3 is 2.10 bits per heavy atom. The zero-order valence-corrected chi connectivity index (χ0v) is 24.9. The van der Waals surface area contributed by atoms with E-state index in [1.54, 1.807) is 55.5 Å². The van der Waals surface area contributed by atoms with Crippen LogP contribution in [0, 0.1) is 5.92 Å². The molecule has 7 nitrogen and oxygen atoms in total. The number of carbonyl (C=O) groups is 2. The number of hydrogen-bond donors (Lipinski definition) is 1. The maximum atomic E-state index is 13.9. The van der Waals surface area contributed by atoms with Gasteiger partial charge in [-0.15, -0.1) is 0 Å². The number of sulfonamides is 1. The van der Waals surface area contributed by atoms with Gasteiger partial charge in [-0.3, -0.25) is 13.9 Å². The first kappa shape index (κ1) is 30.8. The van der Waals surface area contributed by atoms with Crippen LogP contribution in [0.4, 0.5) is 5.69 Å². The number of nitrogens with zero attached hydrogens (tertiary/aromatic N) is 2. The monoisotopic (exact) mass is 609 g/mol. The van der Waals surface area contributed by atoms with Crippen molar-refractivity contribution in [2.75, 3.05) is 17.4 Å². The van der Waals surface area contributed by atoms with E-state index in [9.17, 15) is 18.0 Å². The van der Waals surface area contributed by atoms with Crippen LogP contribution in [-0.4, -0.2) is 44.3 Å². The molecule has 39 heavy (non-hydrogen) atoms. The van der Waals surface area contributed by atoms with Gasteiger partial charge >= 0.3 is 0 Å². The molecule has 2 amide bonds. The highest BCUT2D eigenvalue weighted by Crippen LogP contribution is 2.27. The minimum Gasteiger partial charge on any atom is -0.354 e. The van der Waals surface area contributed by atoms with Crippen molar-refractivity contribution in [3.05, 3.63) is 93.4 Å². The maximum Gasteiger partial charge on any atom is 0.264 e.